The summed E-state index contributed by atoms with van der Waals surface area (Å²) in [5.41, 5.74) is 3.29. The summed E-state index contributed by atoms with van der Waals surface area (Å²) in [5, 5.41) is 0.258. The Morgan fingerprint density at radius 2 is 1.89 bits per heavy atom. The number of carbonyl (C=O) groups excluding carboxylic acids is 1. The molecule has 0 fully saturated rings. The van der Waals surface area contributed by atoms with Gasteiger partial charge in [-0.2, -0.15) is 0 Å². The first-order chi connectivity index (χ1) is 8.74. The Bertz CT molecular complexity index is 589. The van der Waals surface area contributed by atoms with Gasteiger partial charge in [-0.3, -0.25) is 4.79 Å². The first-order valence-corrected chi connectivity index (χ1v) is 6.97. The average Bonchev–Trinajstić information content (AvgIpc) is 2.40. The normalized spacial score (nSPS) is 18.5. The van der Waals surface area contributed by atoms with Crippen LogP contribution in [-0.2, 0) is 0 Å². The smallest absolute Gasteiger partial charge is 0.165 e. The molecule has 0 bridgehead atoms. The molecule has 0 aliphatic carbocycles. The Balaban J connectivity index is 1.97. The monoisotopic (exact) mass is 254 g/mol. The van der Waals surface area contributed by atoms with E-state index in [0.717, 1.165) is 16.0 Å². The van der Waals surface area contributed by atoms with Crippen molar-refractivity contribution in [1.29, 1.82) is 0 Å². The predicted octanol–water partition coefficient (Wildman–Crippen LogP) is 4.41. The molecule has 1 heterocycles. The number of carbonyl (C=O) groups is 1. The molecule has 2 heteroatoms. The Morgan fingerprint density at radius 1 is 1.11 bits per heavy atom. The second-order valence-corrected chi connectivity index (χ2v) is 5.89. The fourth-order valence-corrected chi connectivity index (χ4v) is 3.57. The minimum absolute atomic E-state index is 0.258. The Morgan fingerprint density at radius 3 is 2.67 bits per heavy atom. The summed E-state index contributed by atoms with van der Waals surface area (Å²) < 4.78 is 0. The fraction of sp³-hybridized carbons (Fsp3) is 0.188. The molecule has 2 aromatic rings. The van der Waals surface area contributed by atoms with Gasteiger partial charge in [-0.15, -0.1) is 11.8 Å². The average molecular weight is 254 g/mol. The number of benzene rings is 2. The summed E-state index contributed by atoms with van der Waals surface area (Å²) in [6, 6.07) is 16.4. The second kappa shape index (κ2) is 4.62. The highest BCUT2D eigenvalue weighted by molar-refractivity contribution is 7.99. The molecule has 0 amide bonds. The van der Waals surface area contributed by atoms with Crippen LogP contribution < -0.4 is 0 Å². The minimum atomic E-state index is 0.258. The summed E-state index contributed by atoms with van der Waals surface area (Å²) in [4.78, 5) is 13.3. The second-order valence-electron chi connectivity index (χ2n) is 4.64. The van der Waals surface area contributed by atoms with Crippen molar-refractivity contribution in [3.8, 4) is 0 Å². The molecule has 0 radical (unpaired) electrons. The number of Topliss-reactive ketones (excluding diaryl/α,β-unsaturated/α-hetero) is 1. The van der Waals surface area contributed by atoms with Crippen molar-refractivity contribution in [2.24, 2.45) is 0 Å². The van der Waals surface area contributed by atoms with Gasteiger partial charge in [0.05, 0.1) is 0 Å². The zero-order valence-corrected chi connectivity index (χ0v) is 11.0. The van der Waals surface area contributed by atoms with Crippen LogP contribution >= 0.6 is 11.8 Å². The third-order valence-electron chi connectivity index (χ3n) is 3.25. The third kappa shape index (κ3) is 2.08. The van der Waals surface area contributed by atoms with Crippen molar-refractivity contribution < 1.29 is 4.79 Å². The van der Waals surface area contributed by atoms with Crippen molar-refractivity contribution in [1.82, 2.24) is 0 Å². The molecule has 1 aliphatic rings. The maximum absolute atomic E-state index is 12.2. The van der Waals surface area contributed by atoms with Gasteiger partial charge in [-0.25, -0.2) is 0 Å². The minimum Gasteiger partial charge on any atom is -0.294 e. The van der Waals surface area contributed by atoms with Crippen molar-refractivity contribution in [2.75, 3.05) is 0 Å². The van der Waals surface area contributed by atoms with Crippen LogP contribution in [0.25, 0.3) is 0 Å². The van der Waals surface area contributed by atoms with Gasteiger partial charge in [0, 0.05) is 22.1 Å². The maximum Gasteiger partial charge on any atom is 0.165 e. The molecular formula is C16H14OS. The van der Waals surface area contributed by atoms with Crippen LogP contribution in [0.3, 0.4) is 0 Å². The van der Waals surface area contributed by atoms with Crippen LogP contribution in [0.2, 0.25) is 0 Å². The lowest BCUT2D eigenvalue weighted by Crippen LogP contribution is -2.12. The lowest BCUT2D eigenvalue weighted by molar-refractivity contribution is 0.0976. The third-order valence-corrected chi connectivity index (χ3v) is 4.58. The van der Waals surface area contributed by atoms with Crippen LogP contribution in [0.4, 0.5) is 0 Å². The van der Waals surface area contributed by atoms with Crippen molar-refractivity contribution in [3.05, 3.63) is 65.2 Å². The Labute approximate surface area is 111 Å². The SMILES string of the molecule is Cc1ccc2c(c1)C(=O)C[C@H](c1ccccc1)S2. The highest BCUT2D eigenvalue weighted by Gasteiger charge is 2.26. The molecule has 0 saturated carbocycles. The standard InChI is InChI=1S/C16H14OS/c1-11-7-8-15-13(9-11)14(17)10-16(18-15)12-5-3-2-4-6-12/h2-9,16H,10H2,1H3/t16-/m1/s1. The molecule has 1 atom stereocenters. The maximum atomic E-state index is 12.2. The Kier molecular flexibility index (Phi) is 2.96. The molecule has 0 aromatic heterocycles. The first-order valence-electron chi connectivity index (χ1n) is 6.09. The summed E-state index contributed by atoms with van der Waals surface area (Å²) in [6.45, 7) is 2.03. The summed E-state index contributed by atoms with van der Waals surface area (Å²) in [6.07, 6.45) is 0.602. The molecule has 90 valence electrons. The van der Waals surface area contributed by atoms with E-state index in [-0.39, 0.29) is 11.0 Å². The van der Waals surface area contributed by atoms with E-state index in [2.05, 4.69) is 24.3 Å². The number of thioether (sulfide) groups is 1. The number of fused-ring (bicyclic) bond motifs is 1. The summed E-state index contributed by atoms with van der Waals surface area (Å²) in [5.74, 6) is 0.265. The van der Waals surface area contributed by atoms with E-state index in [9.17, 15) is 4.79 Å². The molecule has 0 spiro atoms. The van der Waals surface area contributed by atoms with E-state index >= 15 is 0 Å². The van der Waals surface area contributed by atoms with Crippen LogP contribution in [0.5, 0.6) is 0 Å². The van der Waals surface area contributed by atoms with Gasteiger partial charge in [0.15, 0.2) is 5.78 Å². The summed E-state index contributed by atoms with van der Waals surface area (Å²) >= 11 is 1.80. The van der Waals surface area contributed by atoms with Gasteiger partial charge in [0.1, 0.15) is 0 Å². The number of aryl methyl sites for hydroxylation is 1. The first kappa shape index (κ1) is 11.5. The fourth-order valence-electron chi connectivity index (χ4n) is 2.29. The van der Waals surface area contributed by atoms with Crippen LogP contribution in [0, 0.1) is 6.92 Å². The molecule has 18 heavy (non-hydrogen) atoms. The largest absolute Gasteiger partial charge is 0.294 e. The highest BCUT2D eigenvalue weighted by atomic mass is 32.2. The molecule has 1 aliphatic heterocycles. The molecule has 1 nitrogen and oxygen atoms in total. The van der Waals surface area contributed by atoms with E-state index < -0.39 is 0 Å². The van der Waals surface area contributed by atoms with Gasteiger partial charge in [0.25, 0.3) is 0 Å². The molecular weight excluding hydrogens is 240 g/mol. The van der Waals surface area contributed by atoms with Crippen molar-refractivity contribution in [2.45, 2.75) is 23.5 Å². The zero-order chi connectivity index (χ0) is 12.5. The van der Waals surface area contributed by atoms with Gasteiger partial charge >= 0.3 is 0 Å². The topological polar surface area (TPSA) is 17.1 Å². The highest BCUT2D eigenvalue weighted by Crippen LogP contribution is 2.44. The number of hydrogen-bond acceptors (Lipinski definition) is 2. The van der Waals surface area contributed by atoms with Gasteiger partial charge in [-0.05, 0) is 24.6 Å². The van der Waals surface area contributed by atoms with Gasteiger partial charge < -0.3 is 0 Å². The predicted molar refractivity (Wildman–Crippen MR) is 75.2 cm³/mol. The van der Waals surface area contributed by atoms with Gasteiger partial charge in [0.2, 0.25) is 0 Å². The van der Waals surface area contributed by atoms with Crippen LogP contribution in [0.15, 0.2) is 53.4 Å². The van der Waals surface area contributed by atoms with E-state index in [1.807, 2.05) is 31.2 Å². The quantitative estimate of drug-likeness (QED) is 0.749. The van der Waals surface area contributed by atoms with Gasteiger partial charge in [-0.1, -0.05) is 42.0 Å². The number of ketones is 1. The zero-order valence-electron chi connectivity index (χ0n) is 10.2. The molecule has 0 saturated heterocycles. The van der Waals surface area contributed by atoms with E-state index in [4.69, 9.17) is 0 Å². The van der Waals surface area contributed by atoms with Crippen LogP contribution in [0.1, 0.15) is 33.2 Å². The van der Waals surface area contributed by atoms with Crippen molar-refractivity contribution in [3.63, 3.8) is 0 Å². The van der Waals surface area contributed by atoms with E-state index in [0.29, 0.717) is 6.42 Å². The summed E-state index contributed by atoms with van der Waals surface area (Å²) in [7, 11) is 0. The lowest BCUT2D eigenvalue weighted by atomic mass is 10.00. The van der Waals surface area contributed by atoms with Crippen LogP contribution in [-0.4, -0.2) is 5.78 Å². The lowest BCUT2D eigenvalue weighted by Gasteiger charge is -2.23. The molecule has 3 rings (SSSR count). The molecule has 0 unspecified atom stereocenters. The van der Waals surface area contributed by atoms with E-state index in [1.165, 1.54) is 5.56 Å². The molecule has 0 N–H and O–H groups in total. The van der Waals surface area contributed by atoms with E-state index in [1.54, 1.807) is 11.8 Å². The number of hydrogen-bond donors (Lipinski definition) is 0. The van der Waals surface area contributed by atoms with Crippen molar-refractivity contribution >= 4 is 17.5 Å². The Hall–Kier alpha value is -1.54. The number of rotatable bonds is 1. The molecule has 2 aromatic carbocycles.